The van der Waals surface area contributed by atoms with Gasteiger partial charge in [0.2, 0.25) is 15.9 Å². The van der Waals surface area contributed by atoms with Gasteiger partial charge in [-0.2, -0.15) is 4.31 Å². The summed E-state index contributed by atoms with van der Waals surface area (Å²) >= 11 is 0. The van der Waals surface area contributed by atoms with Crippen molar-refractivity contribution >= 4 is 15.9 Å². The number of carbonyl (C=O) groups is 1. The highest BCUT2D eigenvalue weighted by Gasteiger charge is 2.38. The Bertz CT molecular complexity index is 1030. The second-order valence-electron chi connectivity index (χ2n) is 8.17. The Balaban J connectivity index is 2.13. The first kappa shape index (κ1) is 23.2. The summed E-state index contributed by atoms with van der Waals surface area (Å²) in [6.45, 7) is 5.29. The van der Waals surface area contributed by atoms with E-state index in [2.05, 4.69) is 0 Å². The summed E-state index contributed by atoms with van der Waals surface area (Å²) < 4.78 is 34.6. The fraction of sp³-hybridized carbons (Fsp3) is 0.435. The number of hydrogen-bond acceptors (Lipinski definition) is 5. The Morgan fingerprint density at radius 1 is 1.23 bits per heavy atom. The zero-order valence-corrected chi connectivity index (χ0v) is 19.2. The molecule has 1 amide bonds. The van der Waals surface area contributed by atoms with Crippen LogP contribution in [-0.2, 0) is 14.8 Å². The van der Waals surface area contributed by atoms with Gasteiger partial charge in [0.05, 0.1) is 13.2 Å². The first-order valence-corrected chi connectivity index (χ1v) is 11.8. The Labute approximate surface area is 184 Å². The number of nitrogens with zero attached hydrogens (tertiary/aromatic N) is 2. The van der Waals surface area contributed by atoms with E-state index in [4.69, 9.17) is 4.74 Å². The molecule has 0 unspecified atom stereocenters. The lowest BCUT2D eigenvalue weighted by Gasteiger charge is -2.37. The number of carbonyl (C=O) groups excluding carboxylic acids is 1. The highest BCUT2D eigenvalue weighted by molar-refractivity contribution is 7.89. The maximum atomic E-state index is 13.5. The lowest BCUT2D eigenvalue weighted by molar-refractivity contribution is -0.129. The summed E-state index contributed by atoms with van der Waals surface area (Å²) in [7, 11) is -2.19. The second-order valence-corrected chi connectivity index (χ2v) is 10.0. The van der Waals surface area contributed by atoms with Crippen LogP contribution in [0.4, 0.5) is 0 Å². The van der Waals surface area contributed by atoms with Crippen LogP contribution in [0, 0.1) is 5.92 Å². The zero-order valence-electron chi connectivity index (χ0n) is 18.4. The van der Waals surface area contributed by atoms with Crippen LogP contribution in [0.25, 0.3) is 11.1 Å². The van der Waals surface area contributed by atoms with Crippen LogP contribution in [0.2, 0.25) is 0 Å². The highest BCUT2D eigenvalue weighted by atomic mass is 32.2. The smallest absolute Gasteiger partial charge is 0.247 e. The molecule has 1 heterocycles. The lowest BCUT2D eigenvalue weighted by Crippen LogP contribution is -2.50. The molecule has 2 aromatic rings. The van der Waals surface area contributed by atoms with Gasteiger partial charge in [-0.05, 0) is 30.2 Å². The molecule has 0 spiro atoms. The highest BCUT2D eigenvalue weighted by Crippen LogP contribution is 2.36. The summed E-state index contributed by atoms with van der Waals surface area (Å²) in [4.78, 5) is 13.4. The van der Waals surface area contributed by atoms with Gasteiger partial charge < -0.3 is 14.7 Å². The Morgan fingerprint density at radius 2 is 1.90 bits per heavy atom. The van der Waals surface area contributed by atoms with Gasteiger partial charge in [0.15, 0.2) is 0 Å². The summed E-state index contributed by atoms with van der Waals surface area (Å²) in [6.07, 6.45) is -0.414. The van der Waals surface area contributed by atoms with Gasteiger partial charge in [0.25, 0.3) is 0 Å². The van der Waals surface area contributed by atoms with Gasteiger partial charge in [-0.1, -0.05) is 43.3 Å². The summed E-state index contributed by atoms with van der Waals surface area (Å²) in [6, 6.07) is 14.1. The first-order chi connectivity index (χ1) is 14.6. The predicted molar refractivity (Wildman–Crippen MR) is 119 cm³/mol. The van der Waals surface area contributed by atoms with Gasteiger partial charge in [0, 0.05) is 32.5 Å². The summed E-state index contributed by atoms with van der Waals surface area (Å²) in [5.74, 6) is -0.0478. The predicted octanol–water partition coefficient (Wildman–Crippen LogP) is 2.60. The van der Waals surface area contributed by atoms with Crippen molar-refractivity contribution in [2.45, 2.75) is 37.8 Å². The maximum absolute atomic E-state index is 13.5. The number of hydrogen-bond donors (Lipinski definition) is 1. The number of aliphatic hydroxyl groups excluding tert-OH is 1. The van der Waals surface area contributed by atoms with Gasteiger partial charge in [-0.15, -0.1) is 0 Å². The third-order valence-corrected chi connectivity index (χ3v) is 7.79. The van der Waals surface area contributed by atoms with E-state index >= 15 is 0 Å². The van der Waals surface area contributed by atoms with E-state index in [1.54, 1.807) is 37.1 Å². The van der Waals surface area contributed by atoms with Crippen LogP contribution in [0.1, 0.15) is 20.8 Å². The van der Waals surface area contributed by atoms with Gasteiger partial charge >= 0.3 is 0 Å². The molecule has 31 heavy (non-hydrogen) atoms. The number of benzene rings is 2. The molecule has 0 saturated heterocycles. The third-order valence-electron chi connectivity index (χ3n) is 5.77. The standard InChI is InChI=1S/C23H30N2O5S/c1-16-13-25(17(2)15-26)31(28,29)23-11-10-20(19-8-6-5-7-9-19)12-21(23)30-22(16)14-24(4)18(3)27/h5-12,16-17,22,26H,13-15H2,1-4H3/t16-,17+,22-/m1/s1. The molecule has 1 aliphatic rings. The van der Waals surface area contributed by atoms with Gasteiger partial charge in [-0.3, -0.25) is 4.79 Å². The average Bonchev–Trinajstić information content (AvgIpc) is 2.75. The molecule has 168 valence electrons. The van der Waals surface area contributed by atoms with E-state index in [0.29, 0.717) is 6.54 Å². The fourth-order valence-electron chi connectivity index (χ4n) is 3.65. The number of sulfonamides is 1. The molecule has 0 saturated carbocycles. The molecule has 1 aliphatic heterocycles. The van der Waals surface area contributed by atoms with E-state index in [1.807, 2.05) is 37.3 Å². The van der Waals surface area contributed by atoms with E-state index in [-0.39, 0.29) is 35.6 Å². The SMILES string of the molecule is CC(=O)N(C)C[C@H]1Oc2cc(-c3ccccc3)ccc2S(=O)(=O)N([C@@H](C)CO)C[C@H]1C. The van der Waals surface area contributed by atoms with E-state index in [0.717, 1.165) is 11.1 Å². The molecule has 0 fully saturated rings. The zero-order chi connectivity index (χ0) is 22.8. The van der Waals surface area contributed by atoms with Crippen molar-refractivity contribution in [3.63, 3.8) is 0 Å². The minimum atomic E-state index is -3.89. The topological polar surface area (TPSA) is 87.2 Å². The number of ether oxygens (including phenoxy) is 1. The number of fused-ring (bicyclic) bond motifs is 1. The van der Waals surface area contributed by atoms with Crippen molar-refractivity contribution in [1.82, 2.24) is 9.21 Å². The molecule has 3 atom stereocenters. The molecule has 7 nitrogen and oxygen atoms in total. The number of likely N-dealkylation sites (N-methyl/N-ethyl adjacent to an activating group) is 1. The largest absolute Gasteiger partial charge is 0.487 e. The number of aliphatic hydroxyl groups is 1. The van der Waals surface area contributed by atoms with E-state index < -0.39 is 22.2 Å². The van der Waals surface area contributed by atoms with Gasteiger partial charge in [0.1, 0.15) is 16.7 Å². The Morgan fingerprint density at radius 3 is 2.52 bits per heavy atom. The minimum Gasteiger partial charge on any atom is -0.487 e. The van der Waals surface area contributed by atoms with Crippen molar-refractivity contribution in [3.8, 4) is 16.9 Å². The van der Waals surface area contributed by atoms with Crippen LogP contribution in [-0.4, -0.2) is 67.5 Å². The lowest BCUT2D eigenvalue weighted by atomic mass is 10.0. The molecule has 0 aromatic heterocycles. The molecule has 1 N–H and O–H groups in total. The van der Waals surface area contributed by atoms with Crippen LogP contribution in [0.3, 0.4) is 0 Å². The molecular weight excluding hydrogens is 416 g/mol. The van der Waals surface area contributed by atoms with Crippen LogP contribution in [0.5, 0.6) is 5.75 Å². The number of amides is 1. The van der Waals surface area contributed by atoms with Crippen molar-refractivity contribution in [2.75, 3.05) is 26.7 Å². The molecular formula is C23H30N2O5S. The molecule has 0 radical (unpaired) electrons. The Hall–Kier alpha value is -2.42. The third kappa shape index (κ3) is 4.92. The molecule has 3 rings (SSSR count). The molecule has 0 aliphatic carbocycles. The summed E-state index contributed by atoms with van der Waals surface area (Å²) in [5, 5.41) is 9.70. The monoisotopic (exact) mass is 446 g/mol. The minimum absolute atomic E-state index is 0.0647. The van der Waals surface area contributed by atoms with Gasteiger partial charge in [-0.25, -0.2) is 8.42 Å². The normalized spacial score (nSPS) is 21.8. The van der Waals surface area contributed by atoms with Crippen LogP contribution >= 0.6 is 0 Å². The average molecular weight is 447 g/mol. The Kier molecular flexibility index (Phi) is 7.03. The molecule has 2 aromatic carbocycles. The molecule has 8 heteroatoms. The second kappa shape index (κ2) is 9.38. The number of rotatable bonds is 5. The quantitative estimate of drug-likeness (QED) is 0.763. The van der Waals surface area contributed by atoms with Crippen molar-refractivity contribution < 1.29 is 23.1 Å². The van der Waals surface area contributed by atoms with Crippen LogP contribution < -0.4 is 4.74 Å². The first-order valence-electron chi connectivity index (χ1n) is 10.4. The van der Waals surface area contributed by atoms with Crippen molar-refractivity contribution in [3.05, 3.63) is 48.5 Å². The summed E-state index contributed by atoms with van der Waals surface area (Å²) in [5.41, 5.74) is 1.78. The van der Waals surface area contributed by atoms with E-state index in [1.165, 1.54) is 11.2 Å². The molecule has 0 bridgehead atoms. The van der Waals surface area contributed by atoms with Crippen molar-refractivity contribution in [1.29, 1.82) is 0 Å². The van der Waals surface area contributed by atoms with Crippen LogP contribution in [0.15, 0.2) is 53.4 Å². The van der Waals surface area contributed by atoms with E-state index in [9.17, 15) is 18.3 Å². The maximum Gasteiger partial charge on any atom is 0.247 e. The van der Waals surface area contributed by atoms with Crippen molar-refractivity contribution in [2.24, 2.45) is 5.92 Å². The fourth-order valence-corrected chi connectivity index (χ4v) is 5.48.